The number of benzene rings is 4. The number of ether oxygens (including phenoxy) is 1. The molecule has 0 fully saturated rings. The van der Waals surface area contributed by atoms with Crippen molar-refractivity contribution in [2.75, 3.05) is 7.11 Å². The molecule has 1 aromatic heterocycles. The first-order chi connectivity index (χ1) is 14.2. The molecule has 0 unspecified atom stereocenters. The summed E-state index contributed by atoms with van der Waals surface area (Å²) in [5, 5.41) is 3.80. The van der Waals surface area contributed by atoms with Crippen LogP contribution in [0.3, 0.4) is 0 Å². The van der Waals surface area contributed by atoms with Crippen LogP contribution in [0, 0.1) is 0 Å². The number of thiophene rings is 1. The van der Waals surface area contributed by atoms with E-state index in [-0.39, 0.29) is 0 Å². The topological polar surface area (TPSA) is 9.23 Å². The van der Waals surface area contributed by atoms with Gasteiger partial charge in [-0.15, -0.1) is 11.3 Å². The van der Waals surface area contributed by atoms with Gasteiger partial charge >= 0.3 is 0 Å². The second-order valence-electron chi connectivity index (χ2n) is 7.40. The average Bonchev–Trinajstić information content (AvgIpc) is 3.18. The monoisotopic (exact) mass is 394 g/mol. The first kappa shape index (κ1) is 18.0. The van der Waals surface area contributed by atoms with Crippen LogP contribution in [0.25, 0.3) is 31.3 Å². The summed E-state index contributed by atoms with van der Waals surface area (Å²) in [6.45, 7) is 2.32. The van der Waals surface area contributed by atoms with Crippen molar-refractivity contribution in [2.45, 2.75) is 12.8 Å². The molecule has 0 aliphatic carbocycles. The van der Waals surface area contributed by atoms with Gasteiger partial charge in [0.25, 0.3) is 0 Å². The van der Waals surface area contributed by atoms with Gasteiger partial charge in [0.1, 0.15) is 5.75 Å². The molecule has 5 aromatic rings. The fraction of sp³-hybridized carbons (Fsp3) is 0.111. The second kappa shape index (κ2) is 7.38. The average molecular weight is 395 g/mol. The van der Waals surface area contributed by atoms with Crippen LogP contribution in [0.1, 0.15) is 24.0 Å². The molecular weight excluding hydrogens is 372 g/mol. The highest BCUT2D eigenvalue weighted by Crippen LogP contribution is 2.45. The van der Waals surface area contributed by atoms with E-state index >= 15 is 0 Å². The highest BCUT2D eigenvalue weighted by molar-refractivity contribution is 7.22. The molecule has 142 valence electrons. The quantitative estimate of drug-likeness (QED) is 0.301. The lowest BCUT2D eigenvalue weighted by Crippen LogP contribution is -1.96. The number of hydrogen-bond acceptors (Lipinski definition) is 2. The van der Waals surface area contributed by atoms with Gasteiger partial charge in [0.2, 0.25) is 0 Å². The molecule has 0 amide bonds. The molecule has 0 spiro atoms. The molecule has 1 atom stereocenters. The zero-order valence-corrected chi connectivity index (χ0v) is 17.4. The maximum absolute atomic E-state index is 5.38. The molecule has 0 radical (unpaired) electrons. The number of hydrogen-bond donors (Lipinski definition) is 0. The number of fused-ring (bicyclic) bond motifs is 2. The summed E-state index contributed by atoms with van der Waals surface area (Å²) >= 11 is 1.89. The van der Waals surface area contributed by atoms with E-state index in [1.165, 1.54) is 42.4 Å². The number of methoxy groups -OCH3 is 1. The van der Waals surface area contributed by atoms with Gasteiger partial charge in [-0.25, -0.2) is 0 Å². The minimum absolute atomic E-state index is 0.328. The van der Waals surface area contributed by atoms with Gasteiger partial charge in [-0.1, -0.05) is 73.7 Å². The third kappa shape index (κ3) is 3.20. The molecule has 0 bridgehead atoms. The zero-order valence-electron chi connectivity index (χ0n) is 16.6. The lowest BCUT2D eigenvalue weighted by molar-refractivity contribution is 0.415. The van der Waals surface area contributed by atoms with Gasteiger partial charge in [-0.05, 0) is 57.1 Å². The van der Waals surface area contributed by atoms with E-state index in [1.54, 1.807) is 7.11 Å². The van der Waals surface area contributed by atoms with Gasteiger partial charge in [-0.2, -0.15) is 0 Å². The van der Waals surface area contributed by atoms with Crippen LogP contribution in [0.2, 0.25) is 0 Å². The van der Waals surface area contributed by atoms with Crippen LogP contribution >= 0.6 is 11.3 Å². The first-order valence-corrected chi connectivity index (χ1v) is 10.7. The van der Waals surface area contributed by atoms with Crippen molar-refractivity contribution in [3.63, 3.8) is 0 Å². The molecule has 1 nitrogen and oxygen atoms in total. The maximum Gasteiger partial charge on any atom is 0.119 e. The van der Waals surface area contributed by atoms with E-state index in [1.807, 2.05) is 17.4 Å². The summed E-state index contributed by atoms with van der Waals surface area (Å²) in [5.41, 5.74) is 4.05. The predicted molar refractivity (Wildman–Crippen MR) is 125 cm³/mol. The molecule has 0 aliphatic rings. The largest absolute Gasteiger partial charge is 0.497 e. The van der Waals surface area contributed by atoms with E-state index in [0.29, 0.717) is 5.92 Å². The summed E-state index contributed by atoms with van der Waals surface area (Å²) in [6, 6.07) is 32.6. The summed E-state index contributed by atoms with van der Waals surface area (Å²) in [7, 11) is 1.71. The van der Waals surface area contributed by atoms with Crippen LogP contribution < -0.4 is 4.74 Å². The Bertz CT molecular complexity index is 1300. The summed E-state index contributed by atoms with van der Waals surface area (Å²) in [6.07, 6.45) is 0. The smallest absolute Gasteiger partial charge is 0.119 e. The van der Waals surface area contributed by atoms with Crippen LogP contribution in [0.15, 0.2) is 91.0 Å². The Balaban J connectivity index is 1.71. The lowest BCUT2D eigenvalue weighted by Gasteiger charge is -2.15. The van der Waals surface area contributed by atoms with Crippen LogP contribution in [-0.2, 0) is 0 Å². The van der Waals surface area contributed by atoms with E-state index in [4.69, 9.17) is 4.74 Å². The van der Waals surface area contributed by atoms with Crippen molar-refractivity contribution in [1.29, 1.82) is 0 Å². The second-order valence-corrected chi connectivity index (χ2v) is 8.45. The fourth-order valence-corrected chi connectivity index (χ4v) is 5.41. The van der Waals surface area contributed by atoms with Crippen LogP contribution in [-0.4, -0.2) is 7.11 Å². The lowest BCUT2D eigenvalue weighted by atomic mass is 9.89. The SMILES string of the molecule is COc1ccc2cc(-c3sc4ccccc4c3[C@H](C)c3ccccc3)ccc2c1. The highest BCUT2D eigenvalue weighted by Gasteiger charge is 2.20. The normalized spacial score (nSPS) is 12.3. The van der Waals surface area contributed by atoms with Gasteiger partial charge in [-0.3, -0.25) is 0 Å². The molecule has 0 saturated heterocycles. The molecule has 4 aromatic carbocycles. The van der Waals surface area contributed by atoms with Gasteiger partial charge in [0.05, 0.1) is 7.11 Å². The van der Waals surface area contributed by atoms with Crippen LogP contribution in [0.4, 0.5) is 0 Å². The summed E-state index contributed by atoms with van der Waals surface area (Å²) in [5.74, 6) is 1.22. The molecule has 0 N–H and O–H groups in total. The minimum atomic E-state index is 0.328. The van der Waals surface area contributed by atoms with Crippen molar-refractivity contribution in [3.05, 3.63) is 102 Å². The van der Waals surface area contributed by atoms with Gasteiger partial charge in [0, 0.05) is 15.5 Å². The van der Waals surface area contributed by atoms with Crippen molar-refractivity contribution in [1.82, 2.24) is 0 Å². The summed E-state index contributed by atoms with van der Waals surface area (Å²) in [4.78, 5) is 1.36. The van der Waals surface area contributed by atoms with Crippen molar-refractivity contribution in [3.8, 4) is 16.2 Å². The highest BCUT2D eigenvalue weighted by atomic mass is 32.1. The van der Waals surface area contributed by atoms with Crippen molar-refractivity contribution in [2.24, 2.45) is 0 Å². The Hall–Kier alpha value is -3.10. The van der Waals surface area contributed by atoms with E-state index < -0.39 is 0 Å². The minimum Gasteiger partial charge on any atom is -0.497 e. The fourth-order valence-electron chi connectivity index (χ4n) is 4.11. The predicted octanol–water partition coefficient (Wildman–Crippen LogP) is 7.88. The molecule has 5 rings (SSSR count). The first-order valence-electron chi connectivity index (χ1n) is 9.89. The molecule has 1 heterocycles. The standard InChI is InChI=1S/C27H22OS/c1-18(19-8-4-3-5-9-19)26-24-10-6-7-11-25(24)29-27(26)22-13-12-21-17-23(28-2)15-14-20(21)16-22/h3-18H,1-2H3/t18-/m1/s1. The van der Waals surface area contributed by atoms with E-state index in [9.17, 15) is 0 Å². The molecule has 0 aliphatic heterocycles. The van der Waals surface area contributed by atoms with Crippen LogP contribution in [0.5, 0.6) is 5.75 Å². The Morgan fingerprint density at radius 2 is 1.48 bits per heavy atom. The third-order valence-corrected chi connectivity index (χ3v) is 6.91. The molecular formula is C27H22OS. The molecule has 29 heavy (non-hydrogen) atoms. The molecule has 0 saturated carbocycles. The Labute approximate surface area is 175 Å². The maximum atomic E-state index is 5.38. The Morgan fingerprint density at radius 3 is 2.31 bits per heavy atom. The van der Waals surface area contributed by atoms with E-state index in [0.717, 1.165) is 5.75 Å². The van der Waals surface area contributed by atoms with Gasteiger partial charge in [0.15, 0.2) is 0 Å². The van der Waals surface area contributed by atoms with E-state index in [2.05, 4.69) is 91.9 Å². The van der Waals surface area contributed by atoms with Crippen molar-refractivity contribution < 1.29 is 4.74 Å². The Morgan fingerprint density at radius 1 is 0.759 bits per heavy atom. The summed E-state index contributed by atoms with van der Waals surface area (Å²) < 4.78 is 6.72. The molecule has 2 heteroatoms. The zero-order chi connectivity index (χ0) is 19.8. The number of rotatable bonds is 4. The third-order valence-electron chi connectivity index (χ3n) is 5.68. The Kier molecular flexibility index (Phi) is 4.57. The van der Waals surface area contributed by atoms with Crippen molar-refractivity contribution >= 4 is 32.2 Å². The van der Waals surface area contributed by atoms with Gasteiger partial charge < -0.3 is 4.74 Å².